The lowest BCUT2D eigenvalue weighted by Gasteiger charge is -2.15. The van der Waals surface area contributed by atoms with E-state index >= 15 is 0 Å². The molecule has 1 aromatic heterocycles. The first-order valence-corrected chi connectivity index (χ1v) is 6.08. The quantitative estimate of drug-likeness (QED) is 0.934. The number of hydrogen-bond donors (Lipinski definition) is 1. The van der Waals surface area contributed by atoms with Crippen molar-refractivity contribution >= 4 is 23.3 Å². The number of methoxy groups -OCH3 is 1. The van der Waals surface area contributed by atoms with E-state index in [4.69, 9.17) is 16.3 Å². The summed E-state index contributed by atoms with van der Waals surface area (Å²) < 4.78 is 5.23. The molecule has 2 rings (SSSR count). The second-order valence-corrected chi connectivity index (χ2v) is 4.31. The van der Waals surface area contributed by atoms with Crippen molar-refractivity contribution in [2.45, 2.75) is 6.10 Å². The van der Waals surface area contributed by atoms with Gasteiger partial charge in [0.05, 0.1) is 5.02 Å². The molecule has 0 saturated carbocycles. The zero-order valence-electron chi connectivity index (χ0n) is 10.3. The zero-order chi connectivity index (χ0) is 13.7. The molecule has 1 aromatic carbocycles. The molecule has 1 amide bonds. The maximum atomic E-state index is 12.1. The third-order valence-corrected chi connectivity index (χ3v) is 2.78. The van der Waals surface area contributed by atoms with Crippen LogP contribution in [0.25, 0.3) is 0 Å². The topological polar surface area (TPSA) is 51.2 Å². The first-order valence-electron chi connectivity index (χ1n) is 5.71. The Morgan fingerprint density at radius 3 is 2.58 bits per heavy atom. The van der Waals surface area contributed by atoms with E-state index in [0.29, 0.717) is 10.8 Å². The van der Waals surface area contributed by atoms with Crippen LogP contribution in [-0.4, -0.2) is 18.0 Å². The van der Waals surface area contributed by atoms with E-state index in [0.717, 1.165) is 5.56 Å². The normalized spacial score (nSPS) is 11.9. The Bertz CT molecular complexity index is 543. The molecule has 2 aromatic rings. The highest BCUT2D eigenvalue weighted by atomic mass is 35.5. The van der Waals surface area contributed by atoms with E-state index in [1.807, 2.05) is 30.3 Å². The van der Waals surface area contributed by atoms with E-state index in [2.05, 4.69) is 10.3 Å². The number of ether oxygens (including phenoxy) is 1. The molecule has 0 aliphatic carbocycles. The summed E-state index contributed by atoms with van der Waals surface area (Å²) >= 11 is 5.73. The summed E-state index contributed by atoms with van der Waals surface area (Å²) in [6, 6.07) is 12.6. The summed E-state index contributed by atoms with van der Waals surface area (Å²) in [6.45, 7) is 0. The summed E-state index contributed by atoms with van der Waals surface area (Å²) in [6.07, 6.45) is 0.806. The minimum Gasteiger partial charge on any atom is -0.367 e. The summed E-state index contributed by atoms with van der Waals surface area (Å²) in [5.74, 6) is 0.163. The van der Waals surface area contributed by atoms with E-state index in [-0.39, 0.29) is 5.91 Å². The van der Waals surface area contributed by atoms with Gasteiger partial charge in [0.1, 0.15) is 5.82 Å². The first-order chi connectivity index (χ1) is 9.20. The molecule has 0 radical (unpaired) electrons. The molecule has 0 bridgehead atoms. The number of carbonyl (C=O) groups excluding carboxylic acids is 1. The fourth-order valence-electron chi connectivity index (χ4n) is 1.66. The van der Waals surface area contributed by atoms with Gasteiger partial charge in [-0.1, -0.05) is 41.9 Å². The smallest absolute Gasteiger partial charge is 0.259 e. The number of anilines is 1. The number of amides is 1. The van der Waals surface area contributed by atoms with Gasteiger partial charge in [0.2, 0.25) is 0 Å². The van der Waals surface area contributed by atoms with Gasteiger partial charge in [0.15, 0.2) is 6.10 Å². The fraction of sp³-hybridized carbons (Fsp3) is 0.143. The number of rotatable bonds is 4. The minimum absolute atomic E-state index is 0.275. The minimum atomic E-state index is -0.668. The zero-order valence-corrected chi connectivity index (χ0v) is 11.1. The average molecular weight is 277 g/mol. The number of aromatic nitrogens is 1. The number of benzene rings is 1. The molecule has 0 aliphatic heterocycles. The maximum absolute atomic E-state index is 12.1. The van der Waals surface area contributed by atoms with Crippen LogP contribution in [0.2, 0.25) is 5.02 Å². The van der Waals surface area contributed by atoms with E-state index in [1.54, 1.807) is 12.1 Å². The molecular weight excluding hydrogens is 264 g/mol. The maximum Gasteiger partial charge on any atom is 0.259 e. The Morgan fingerprint density at radius 1 is 1.26 bits per heavy atom. The molecule has 98 valence electrons. The molecule has 1 heterocycles. The molecular formula is C14H13ClN2O2. The third-order valence-electron chi connectivity index (χ3n) is 2.55. The van der Waals surface area contributed by atoms with Crippen molar-refractivity contribution in [3.05, 3.63) is 59.2 Å². The third kappa shape index (κ3) is 3.53. The Kier molecular flexibility index (Phi) is 4.49. The molecule has 0 unspecified atom stereocenters. The summed E-state index contributed by atoms with van der Waals surface area (Å²) in [5, 5.41) is 3.20. The van der Waals surface area contributed by atoms with Gasteiger partial charge in [-0.25, -0.2) is 4.98 Å². The number of nitrogens with zero attached hydrogens (tertiary/aromatic N) is 1. The largest absolute Gasteiger partial charge is 0.367 e. The van der Waals surface area contributed by atoms with Gasteiger partial charge >= 0.3 is 0 Å². The van der Waals surface area contributed by atoms with E-state index in [9.17, 15) is 4.79 Å². The van der Waals surface area contributed by atoms with Crippen LogP contribution >= 0.6 is 11.6 Å². The van der Waals surface area contributed by atoms with Crippen LogP contribution in [0.4, 0.5) is 5.82 Å². The standard InChI is InChI=1S/C14H13ClN2O2/c1-19-13(10-5-3-2-4-6-10)14(18)17-12-8-7-11(15)9-16-12/h2-9,13H,1H3,(H,16,17,18)/t13-/m1/s1. The number of carbonyl (C=O) groups is 1. The SMILES string of the molecule is CO[C@@H](C(=O)Nc1ccc(Cl)cn1)c1ccccc1. The molecule has 4 nitrogen and oxygen atoms in total. The van der Waals surface area contributed by atoms with Crippen molar-refractivity contribution in [3.63, 3.8) is 0 Å². The van der Waals surface area contributed by atoms with Crippen LogP contribution in [0.1, 0.15) is 11.7 Å². The van der Waals surface area contributed by atoms with Crippen molar-refractivity contribution in [1.29, 1.82) is 0 Å². The highest BCUT2D eigenvalue weighted by Crippen LogP contribution is 2.18. The van der Waals surface area contributed by atoms with Gasteiger partial charge in [-0.3, -0.25) is 4.79 Å². The van der Waals surface area contributed by atoms with Crippen LogP contribution in [0.5, 0.6) is 0 Å². The summed E-state index contributed by atoms with van der Waals surface area (Å²) in [4.78, 5) is 16.1. The second-order valence-electron chi connectivity index (χ2n) is 3.88. The number of halogens is 1. The van der Waals surface area contributed by atoms with Gasteiger partial charge in [-0.15, -0.1) is 0 Å². The Labute approximate surface area is 116 Å². The van der Waals surface area contributed by atoms with Gasteiger partial charge in [0.25, 0.3) is 5.91 Å². The molecule has 0 spiro atoms. The highest BCUT2D eigenvalue weighted by Gasteiger charge is 2.20. The average Bonchev–Trinajstić information content (AvgIpc) is 2.43. The van der Waals surface area contributed by atoms with Crippen molar-refractivity contribution in [2.24, 2.45) is 0 Å². The van der Waals surface area contributed by atoms with E-state index in [1.165, 1.54) is 13.3 Å². The van der Waals surface area contributed by atoms with Crippen LogP contribution in [0, 0.1) is 0 Å². The van der Waals surface area contributed by atoms with Crippen LogP contribution < -0.4 is 5.32 Å². The van der Waals surface area contributed by atoms with Crippen LogP contribution in [-0.2, 0) is 9.53 Å². The lowest BCUT2D eigenvalue weighted by Crippen LogP contribution is -2.23. The molecule has 0 aliphatic rings. The molecule has 5 heteroatoms. The van der Waals surface area contributed by atoms with E-state index < -0.39 is 6.10 Å². The highest BCUT2D eigenvalue weighted by molar-refractivity contribution is 6.30. The monoisotopic (exact) mass is 276 g/mol. The van der Waals surface area contributed by atoms with Crippen molar-refractivity contribution in [3.8, 4) is 0 Å². The van der Waals surface area contributed by atoms with Crippen LogP contribution in [0.3, 0.4) is 0 Å². The predicted molar refractivity (Wildman–Crippen MR) is 74.1 cm³/mol. The Morgan fingerprint density at radius 2 is 2.00 bits per heavy atom. The van der Waals surface area contributed by atoms with Crippen molar-refractivity contribution < 1.29 is 9.53 Å². The fourth-order valence-corrected chi connectivity index (χ4v) is 1.78. The lowest BCUT2D eigenvalue weighted by molar-refractivity contribution is -0.126. The summed E-state index contributed by atoms with van der Waals surface area (Å²) in [5.41, 5.74) is 0.788. The lowest BCUT2D eigenvalue weighted by atomic mass is 10.1. The first kappa shape index (κ1) is 13.5. The van der Waals surface area contributed by atoms with Crippen LogP contribution in [0.15, 0.2) is 48.7 Å². The number of pyridine rings is 1. The van der Waals surface area contributed by atoms with Crippen molar-refractivity contribution in [1.82, 2.24) is 4.98 Å². The second kappa shape index (κ2) is 6.31. The van der Waals surface area contributed by atoms with Gasteiger partial charge in [0, 0.05) is 13.3 Å². The Hall–Kier alpha value is -1.91. The van der Waals surface area contributed by atoms with Crippen molar-refractivity contribution in [2.75, 3.05) is 12.4 Å². The molecule has 1 N–H and O–H groups in total. The Balaban J connectivity index is 2.11. The summed E-state index contributed by atoms with van der Waals surface area (Å²) in [7, 11) is 1.49. The molecule has 0 saturated heterocycles. The van der Waals surface area contributed by atoms with Gasteiger partial charge in [-0.2, -0.15) is 0 Å². The molecule has 19 heavy (non-hydrogen) atoms. The molecule has 0 fully saturated rings. The number of hydrogen-bond acceptors (Lipinski definition) is 3. The van der Waals surface area contributed by atoms with Gasteiger partial charge < -0.3 is 10.1 Å². The number of nitrogens with one attached hydrogen (secondary N) is 1. The van der Waals surface area contributed by atoms with Gasteiger partial charge in [-0.05, 0) is 17.7 Å². The predicted octanol–water partition coefficient (Wildman–Crippen LogP) is 3.06. The molecule has 1 atom stereocenters.